The van der Waals surface area contributed by atoms with Crippen molar-refractivity contribution in [3.63, 3.8) is 0 Å². The second-order valence-electron chi connectivity index (χ2n) is 10.8. The van der Waals surface area contributed by atoms with E-state index >= 15 is 0 Å². The summed E-state index contributed by atoms with van der Waals surface area (Å²) in [4.78, 5) is 30.9. The van der Waals surface area contributed by atoms with Gasteiger partial charge < -0.3 is 24.3 Å². The Morgan fingerprint density at radius 3 is 2.47 bits per heavy atom. The summed E-state index contributed by atoms with van der Waals surface area (Å²) in [6, 6.07) is 11.2. The van der Waals surface area contributed by atoms with Gasteiger partial charge in [-0.05, 0) is 50.6 Å². The average Bonchev–Trinajstić information content (AvgIpc) is 3.52. The fourth-order valence-electron chi connectivity index (χ4n) is 4.72. The molecule has 4 rings (SSSR count). The van der Waals surface area contributed by atoms with E-state index in [0.29, 0.717) is 32.7 Å². The number of nitrogens with one attached hydrogen (secondary N) is 1. The van der Waals surface area contributed by atoms with Crippen molar-refractivity contribution >= 4 is 17.6 Å². The molecule has 0 bridgehead atoms. The molecule has 1 N–H and O–H groups in total. The summed E-state index contributed by atoms with van der Waals surface area (Å²) in [6.07, 6.45) is 2.55. The number of morpholine rings is 1. The molecule has 1 aromatic carbocycles. The van der Waals surface area contributed by atoms with Gasteiger partial charge in [-0.2, -0.15) is 5.10 Å². The van der Waals surface area contributed by atoms with Gasteiger partial charge in [0, 0.05) is 51.4 Å². The lowest BCUT2D eigenvalue weighted by atomic mass is 10.0. The molecule has 1 aromatic heterocycles. The maximum absolute atomic E-state index is 13.8. The van der Waals surface area contributed by atoms with Crippen LogP contribution in [0.3, 0.4) is 0 Å². The first-order valence-electron chi connectivity index (χ1n) is 13.2. The summed E-state index contributed by atoms with van der Waals surface area (Å²) in [7, 11) is 3.60. The lowest BCUT2D eigenvalue weighted by Crippen LogP contribution is -2.53. The summed E-state index contributed by atoms with van der Waals surface area (Å²) < 4.78 is 12.8. The number of rotatable bonds is 8. The summed E-state index contributed by atoms with van der Waals surface area (Å²) in [5, 5.41) is 9.36. The number of methoxy groups -OCH3 is 1. The Bertz CT molecular complexity index is 1130. The number of aromatic nitrogens is 1. The van der Waals surface area contributed by atoms with Crippen molar-refractivity contribution in [3.8, 4) is 5.75 Å². The highest BCUT2D eigenvalue weighted by atomic mass is 16.5. The van der Waals surface area contributed by atoms with Gasteiger partial charge in [-0.3, -0.25) is 9.69 Å². The van der Waals surface area contributed by atoms with E-state index in [4.69, 9.17) is 14.6 Å². The molecule has 0 spiro atoms. The van der Waals surface area contributed by atoms with Crippen LogP contribution in [0.4, 0.5) is 4.79 Å². The van der Waals surface area contributed by atoms with Gasteiger partial charge in [-0.25, -0.2) is 9.80 Å². The van der Waals surface area contributed by atoms with Gasteiger partial charge >= 0.3 is 6.03 Å². The summed E-state index contributed by atoms with van der Waals surface area (Å²) >= 11 is 0. The Hall–Kier alpha value is -3.37. The van der Waals surface area contributed by atoms with E-state index in [1.807, 2.05) is 75.0 Å². The molecule has 3 heterocycles. The number of carbonyl (C=O) groups excluding carboxylic acids is 2. The average molecular weight is 525 g/mol. The van der Waals surface area contributed by atoms with Gasteiger partial charge in [0.2, 0.25) is 0 Å². The van der Waals surface area contributed by atoms with Crippen LogP contribution in [0.25, 0.3) is 0 Å². The Morgan fingerprint density at radius 1 is 1.16 bits per heavy atom. The highest BCUT2D eigenvalue weighted by molar-refractivity contribution is 6.02. The van der Waals surface area contributed by atoms with Crippen molar-refractivity contribution in [2.24, 2.45) is 12.1 Å². The predicted molar refractivity (Wildman–Crippen MR) is 146 cm³/mol. The molecule has 1 saturated heterocycles. The van der Waals surface area contributed by atoms with Crippen molar-refractivity contribution < 1.29 is 19.1 Å². The lowest BCUT2D eigenvalue weighted by Gasteiger charge is -2.32. The van der Waals surface area contributed by atoms with Gasteiger partial charge in [0.25, 0.3) is 5.91 Å². The highest BCUT2D eigenvalue weighted by Crippen LogP contribution is 2.33. The Morgan fingerprint density at radius 2 is 1.87 bits per heavy atom. The van der Waals surface area contributed by atoms with E-state index in [0.717, 1.165) is 35.8 Å². The number of hydrazone groups is 1. The molecule has 1 fully saturated rings. The number of benzene rings is 1. The minimum absolute atomic E-state index is 0.0666. The number of hydrogen-bond donors (Lipinski definition) is 1. The summed E-state index contributed by atoms with van der Waals surface area (Å²) in [5.41, 5.74) is 2.35. The predicted octanol–water partition coefficient (Wildman–Crippen LogP) is 2.85. The molecule has 206 valence electrons. The monoisotopic (exact) mass is 524 g/mol. The molecule has 38 heavy (non-hydrogen) atoms. The normalized spacial score (nSPS) is 18.3. The van der Waals surface area contributed by atoms with E-state index in [1.165, 1.54) is 0 Å². The zero-order valence-corrected chi connectivity index (χ0v) is 23.1. The molecule has 0 saturated carbocycles. The topological polar surface area (TPSA) is 91.6 Å². The molecule has 10 heteroatoms. The molecule has 3 amide bonds. The molecular formula is C28H40N6O4. The first kappa shape index (κ1) is 27.7. The minimum atomic E-state index is -0.422. The minimum Gasteiger partial charge on any atom is -0.497 e. The fraction of sp³-hybridized carbons (Fsp3) is 0.536. The van der Waals surface area contributed by atoms with Gasteiger partial charge in [-0.15, -0.1) is 0 Å². The largest absolute Gasteiger partial charge is 0.497 e. The summed E-state index contributed by atoms with van der Waals surface area (Å²) in [5.74, 6) is 0.530. The van der Waals surface area contributed by atoms with E-state index in [-0.39, 0.29) is 24.5 Å². The molecule has 0 unspecified atom stereocenters. The fourth-order valence-corrected chi connectivity index (χ4v) is 4.72. The number of hydrogen-bond acceptors (Lipinski definition) is 6. The third kappa shape index (κ3) is 6.93. The van der Waals surface area contributed by atoms with E-state index in [1.54, 1.807) is 17.0 Å². The van der Waals surface area contributed by atoms with Crippen LogP contribution in [0, 0.1) is 0 Å². The van der Waals surface area contributed by atoms with Crippen LogP contribution in [-0.4, -0.2) is 95.6 Å². The lowest BCUT2D eigenvalue weighted by molar-refractivity contribution is -0.133. The van der Waals surface area contributed by atoms with Gasteiger partial charge in [-0.1, -0.05) is 12.1 Å². The second-order valence-corrected chi connectivity index (χ2v) is 10.8. The number of urea groups is 1. The van der Waals surface area contributed by atoms with Gasteiger partial charge in [0.15, 0.2) is 0 Å². The second kappa shape index (κ2) is 12.0. The Labute approximate surface area is 225 Å². The molecule has 2 aliphatic heterocycles. The van der Waals surface area contributed by atoms with Crippen molar-refractivity contribution in [1.82, 2.24) is 24.7 Å². The van der Waals surface area contributed by atoms with Crippen LogP contribution < -0.4 is 10.1 Å². The van der Waals surface area contributed by atoms with Crippen molar-refractivity contribution in [3.05, 3.63) is 53.9 Å². The quantitative estimate of drug-likeness (QED) is 0.574. The smallest absolute Gasteiger partial charge is 0.318 e. The van der Waals surface area contributed by atoms with Crippen molar-refractivity contribution in [1.29, 1.82) is 0 Å². The number of nitrogens with zero attached hydrogens (tertiary/aromatic N) is 5. The number of ether oxygens (including phenoxy) is 2. The SMILES string of the molecule is COc1ccc([C@H]2CC(c3cccn3C)=NN2C(=O)CN(CCN2CCOCC2)C(=O)NC(C)(C)C)cc1. The highest BCUT2D eigenvalue weighted by Gasteiger charge is 2.35. The van der Waals surface area contributed by atoms with Crippen LogP contribution in [0.1, 0.15) is 44.5 Å². The van der Waals surface area contributed by atoms with Crippen molar-refractivity contribution in [2.75, 3.05) is 53.0 Å². The standard InChI is InChI=1S/C28H40N6O4/c1-28(2,3)29-27(36)33(14-13-32-15-17-38-18-16-32)20-26(35)34-25(21-8-10-22(37-5)11-9-21)19-23(30-34)24-7-6-12-31(24)4/h6-12,25H,13-20H2,1-5H3,(H,29,36)/t25-/m1/s1. The third-order valence-corrected chi connectivity index (χ3v) is 6.79. The molecule has 1 atom stereocenters. The van der Waals surface area contributed by atoms with Crippen LogP contribution in [0.5, 0.6) is 5.75 Å². The van der Waals surface area contributed by atoms with Crippen molar-refractivity contribution in [2.45, 2.75) is 38.8 Å². The number of carbonyl (C=O) groups is 2. The molecule has 2 aromatic rings. The molecule has 2 aliphatic rings. The first-order chi connectivity index (χ1) is 18.1. The number of aryl methyl sites for hydroxylation is 1. The zero-order valence-electron chi connectivity index (χ0n) is 23.1. The van der Waals surface area contributed by atoms with E-state index < -0.39 is 5.54 Å². The Kier molecular flexibility index (Phi) is 8.73. The maximum Gasteiger partial charge on any atom is 0.318 e. The van der Waals surface area contributed by atoms with Crippen LogP contribution in [0.15, 0.2) is 47.7 Å². The molecular weight excluding hydrogens is 484 g/mol. The van der Waals surface area contributed by atoms with E-state index in [2.05, 4.69) is 10.2 Å². The molecule has 10 nitrogen and oxygen atoms in total. The maximum atomic E-state index is 13.8. The zero-order chi connectivity index (χ0) is 27.3. The summed E-state index contributed by atoms with van der Waals surface area (Å²) in [6.45, 7) is 9.84. The van der Waals surface area contributed by atoms with Crippen LogP contribution in [0.2, 0.25) is 0 Å². The molecule has 0 radical (unpaired) electrons. The first-order valence-corrected chi connectivity index (χ1v) is 13.2. The van der Waals surface area contributed by atoms with Crippen LogP contribution >= 0.6 is 0 Å². The van der Waals surface area contributed by atoms with E-state index in [9.17, 15) is 9.59 Å². The molecule has 0 aliphatic carbocycles. The Balaban J connectivity index is 1.56. The number of amides is 3. The van der Waals surface area contributed by atoms with Crippen LogP contribution in [-0.2, 0) is 16.6 Å². The van der Waals surface area contributed by atoms with Gasteiger partial charge in [0.05, 0.1) is 37.8 Å². The third-order valence-electron chi connectivity index (χ3n) is 6.79. The van der Waals surface area contributed by atoms with Gasteiger partial charge in [0.1, 0.15) is 12.3 Å².